The van der Waals surface area contributed by atoms with Crippen molar-refractivity contribution in [3.63, 3.8) is 0 Å². The molecular weight excluding hydrogens is 244 g/mol. The van der Waals surface area contributed by atoms with Gasteiger partial charge in [0.25, 0.3) is 0 Å². The number of anilines is 1. The van der Waals surface area contributed by atoms with E-state index in [0.717, 1.165) is 5.69 Å². The first-order valence-corrected chi connectivity index (χ1v) is 5.80. The number of para-hydroxylation sites is 1. The molecule has 1 aromatic heterocycles. The Kier molecular flexibility index (Phi) is 4.07. The molecule has 1 N–H and O–H groups in total. The van der Waals surface area contributed by atoms with E-state index < -0.39 is 0 Å². The van der Waals surface area contributed by atoms with Crippen molar-refractivity contribution in [2.45, 2.75) is 0 Å². The van der Waals surface area contributed by atoms with Crippen molar-refractivity contribution in [3.05, 3.63) is 36.7 Å². The molecule has 1 heterocycles. The second kappa shape index (κ2) is 5.95. The van der Waals surface area contributed by atoms with Gasteiger partial charge in [-0.1, -0.05) is 6.07 Å². The summed E-state index contributed by atoms with van der Waals surface area (Å²) in [6, 6.07) is 7.31. The van der Waals surface area contributed by atoms with E-state index >= 15 is 0 Å². The van der Waals surface area contributed by atoms with Crippen LogP contribution in [0.1, 0.15) is 0 Å². The average molecular weight is 260 g/mol. The Morgan fingerprint density at radius 2 is 1.74 bits per heavy atom. The lowest BCUT2D eigenvalue weighted by molar-refractivity contribution is 0.346. The van der Waals surface area contributed by atoms with Gasteiger partial charge >= 0.3 is 0 Å². The fourth-order valence-electron chi connectivity index (χ4n) is 1.65. The zero-order valence-corrected chi connectivity index (χ0v) is 11.1. The molecule has 0 atom stereocenters. The van der Waals surface area contributed by atoms with E-state index in [1.54, 1.807) is 26.6 Å². The summed E-state index contributed by atoms with van der Waals surface area (Å²) in [5.41, 5.74) is 0.867. The number of methoxy groups -OCH3 is 2. The van der Waals surface area contributed by atoms with E-state index in [4.69, 9.17) is 14.2 Å². The standard InChI is InChI=1S/C14H16N2O3/c1-15-10-7-11(9-16-8-10)19-14-12(17-2)5-4-6-13(14)18-3/h4-9,15H,1-3H3. The summed E-state index contributed by atoms with van der Waals surface area (Å²) in [6.07, 6.45) is 3.35. The molecule has 0 amide bonds. The maximum absolute atomic E-state index is 5.81. The van der Waals surface area contributed by atoms with Gasteiger partial charge in [-0.3, -0.25) is 4.98 Å². The molecule has 19 heavy (non-hydrogen) atoms. The van der Waals surface area contributed by atoms with Gasteiger partial charge in [0.1, 0.15) is 5.75 Å². The Balaban J connectivity index is 2.36. The van der Waals surface area contributed by atoms with Gasteiger partial charge in [0.05, 0.1) is 32.3 Å². The monoisotopic (exact) mass is 260 g/mol. The van der Waals surface area contributed by atoms with Crippen LogP contribution >= 0.6 is 0 Å². The van der Waals surface area contributed by atoms with Crippen molar-refractivity contribution in [2.75, 3.05) is 26.6 Å². The van der Waals surface area contributed by atoms with Crippen molar-refractivity contribution in [1.82, 2.24) is 4.98 Å². The van der Waals surface area contributed by atoms with E-state index in [-0.39, 0.29) is 0 Å². The highest BCUT2D eigenvalue weighted by atomic mass is 16.5. The first kappa shape index (κ1) is 13.0. The van der Waals surface area contributed by atoms with Crippen LogP contribution in [0.15, 0.2) is 36.7 Å². The minimum absolute atomic E-state index is 0.530. The van der Waals surface area contributed by atoms with Crippen molar-refractivity contribution < 1.29 is 14.2 Å². The van der Waals surface area contributed by atoms with Crippen molar-refractivity contribution in [2.24, 2.45) is 0 Å². The molecule has 5 heteroatoms. The van der Waals surface area contributed by atoms with E-state index in [1.165, 1.54) is 0 Å². The summed E-state index contributed by atoms with van der Waals surface area (Å²) in [7, 11) is 5.00. The van der Waals surface area contributed by atoms with Crippen LogP contribution in [0.4, 0.5) is 5.69 Å². The zero-order chi connectivity index (χ0) is 13.7. The lowest BCUT2D eigenvalue weighted by Gasteiger charge is -2.14. The van der Waals surface area contributed by atoms with Crippen molar-refractivity contribution in [1.29, 1.82) is 0 Å². The summed E-state index contributed by atoms with van der Waals surface area (Å²) in [4.78, 5) is 4.09. The van der Waals surface area contributed by atoms with Gasteiger partial charge in [0.15, 0.2) is 11.5 Å². The number of aromatic nitrogens is 1. The Hall–Kier alpha value is -2.43. The lowest BCUT2D eigenvalue weighted by Crippen LogP contribution is -1.95. The summed E-state index contributed by atoms with van der Waals surface area (Å²) in [5, 5.41) is 3.01. The highest BCUT2D eigenvalue weighted by Gasteiger charge is 2.12. The molecule has 0 aliphatic carbocycles. The number of ether oxygens (including phenoxy) is 3. The van der Waals surface area contributed by atoms with Gasteiger partial charge in [-0.15, -0.1) is 0 Å². The number of rotatable bonds is 5. The number of nitrogens with one attached hydrogen (secondary N) is 1. The molecule has 0 saturated heterocycles. The Morgan fingerprint density at radius 1 is 1.05 bits per heavy atom. The van der Waals surface area contributed by atoms with Crippen LogP contribution in [0.3, 0.4) is 0 Å². The minimum Gasteiger partial charge on any atom is -0.493 e. The van der Waals surface area contributed by atoms with Crippen LogP contribution in [0.25, 0.3) is 0 Å². The Bertz CT molecular complexity index is 536. The molecule has 2 aromatic rings. The highest BCUT2D eigenvalue weighted by molar-refractivity contribution is 5.54. The molecule has 0 aliphatic heterocycles. The van der Waals surface area contributed by atoms with Crippen LogP contribution in [0.5, 0.6) is 23.0 Å². The highest BCUT2D eigenvalue weighted by Crippen LogP contribution is 2.39. The van der Waals surface area contributed by atoms with Gasteiger partial charge in [0, 0.05) is 13.1 Å². The molecule has 0 radical (unpaired) electrons. The molecule has 1 aromatic carbocycles. The SMILES string of the molecule is CNc1cncc(Oc2c(OC)cccc2OC)c1. The van der Waals surface area contributed by atoms with Gasteiger partial charge in [0.2, 0.25) is 5.75 Å². The summed E-state index contributed by atoms with van der Waals surface area (Å²) in [6.45, 7) is 0. The van der Waals surface area contributed by atoms with Crippen LogP contribution < -0.4 is 19.5 Å². The summed E-state index contributed by atoms with van der Waals surface area (Å²) < 4.78 is 16.4. The predicted molar refractivity (Wildman–Crippen MR) is 73.4 cm³/mol. The van der Waals surface area contributed by atoms with Crippen LogP contribution in [0.2, 0.25) is 0 Å². The Labute approximate surface area is 112 Å². The van der Waals surface area contributed by atoms with Gasteiger partial charge in [-0.05, 0) is 12.1 Å². The van der Waals surface area contributed by atoms with Gasteiger partial charge in [-0.25, -0.2) is 0 Å². The fraction of sp³-hybridized carbons (Fsp3) is 0.214. The molecule has 0 aliphatic rings. The second-order valence-electron chi connectivity index (χ2n) is 3.75. The largest absolute Gasteiger partial charge is 0.493 e. The number of pyridine rings is 1. The number of hydrogen-bond acceptors (Lipinski definition) is 5. The molecule has 0 bridgehead atoms. The zero-order valence-electron chi connectivity index (χ0n) is 11.1. The Morgan fingerprint density at radius 3 is 2.32 bits per heavy atom. The first-order valence-electron chi connectivity index (χ1n) is 5.80. The normalized spacial score (nSPS) is 9.84. The van der Waals surface area contributed by atoms with Crippen molar-refractivity contribution in [3.8, 4) is 23.0 Å². The van der Waals surface area contributed by atoms with Crippen LogP contribution in [-0.2, 0) is 0 Å². The lowest BCUT2D eigenvalue weighted by atomic mass is 10.3. The molecule has 5 nitrogen and oxygen atoms in total. The molecule has 0 spiro atoms. The number of benzene rings is 1. The second-order valence-corrected chi connectivity index (χ2v) is 3.75. The van der Waals surface area contributed by atoms with Gasteiger partial charge in [-0.2, -0.15) is 0 Å². The molecule has 0 fully saturated rings. The fourth-order valence-corrected chi connectivity index (χ4v) is 1.65. The minimum atomic E-state index is 0.530. The molecule has 0 saturated carbocycles. The quantitative estimate of drug-likeness (QED) is 0.895. The average Bonchev–Trinajstić information content (AvgIpc) is 2.47. The first-order chi connectivity index (χ1) is 9.28. The van der Waals surface area contributed by atoms with Crippen LogP contribution in [-0.4, -0.2) is 26.3 Å². The third-order valence-electron chi connectivity index (χ3n) is 2.60. The van der Waals surface area contributed by atoms with Crippen LogP contribution in [0, 0.1) is 0 Å². The molecule has 2 rings (SSSR count). The van der Waals surface area contributed by atoms with E-state index in [1.807, 2.05) is 31.3 Å². The third kappa shape index (κ3) is 2.88. The van der Waals surface area contributed by atoms with E-state index in [0.29, 0.717) is 23.0 Å². The van der Waals surface area contributed by atoms with E-state index in [9.17, 15) is 0 Å². The molecule has 0 unspecified atom stereocenters. The maximum atomic E-state index is 5.81. The summed E-state index contributed by atoms with van der Waals surface area (Å²) >= 11 is 0. The predicted octanol–water partition coefficient (Wildman–Crippen LogP) is 2.93. The van der Waals surface area contributed by atoms with Crippen molar-refractivity contribution >= 4 is 5.69 Å². The third-order valence-corrected chi connectivity index (χ3v) is 2.60. The van der Waals surface area contributed by atoms with Gasteiger partial charge < -0.3 is 19.5 Å². The topological polar surface area (TPSA) is 52.6 Å². The van der Waals surface area contributed by atoms with E-state index in [2.05, 4.69) is 10.3 Å². The number of nitrogens with zero attached hydrogens (tertiary/aromatic N) is 1. The number of hydrogen-bond donors (Lipinski definition) is 1. The molecule has 100 valence electrons. The molecular formula is C14H16N2O3. The summed E-state index contributed by atoms with van der Waals surface area (Å²) in [5.74, 6) is 2.35. The smallest absolute Gasteiger partial charge is 0.211 e. The maximum Gasteiger partial charge on any atom is 0.211 e.